The number of fused-ring (bicyclic) bond motifs is 1. The molecule has 0 amide bonds. The second-order valence-electron chi connectivity index (χ2n) is 6.85. The maximum Gasteiger partial charge on any atom is 0.122 e. The predicted molar refractivity (Wildman–Crippen MR) is 101 cm³/mol. The molecule has 136 valence electrons. The third-order valence-corrected chi connectivity index (χ3v) is 5.24. The predicted octanol–water partition coefficient (Wildman–Crippen LogP) is 2.48. The summed E-state index contributed by atoms with van der Waals surface area (Å²) >= 11 is 0. The number of nitrogens with one attached hydrogen (secondary N) is 1. The van der Waals surface area contributed by atoms with Crippen LogP contribution in [0.25, 0.3) is 5.69 Å². The highest BCUT2D eigenvalue weighted by molar-refractivity contribution is 5.37. The van der Waals surface area contributed by atoms with E-state index in [-0.39, 0.29) is 6.04 Å². The van der Waals surface area contributed by atoms with Crippen LogP contribution in [-0.4, -0.2) is 40.7 Å². The van der Waals surface area contributed by atoms with Crippen molar-refractivity contribution >= 4 is 0 Å². The molecular formula is C20H21N7. The van der Waals surface area contributed by atoms with Crippen molar-refractivity contribution in [3.63, 3.8) is 0 Å². The van der Waals surface area contributed by atoms with Gasteiger partial charge in [-0.3, -0.25) is 4.90 Å². The van der Waals surface area contributed by atoms with Gasteiger partial charge in [0.15, 0.2) is 0 Å². The van der Waals surface area contributed by atoms with Gasteiger partial charge in [0.1, 0.15) is 5.82 Å². The summed E-state index contributed by atoms with van der Waals surface area (Å²) in [4.78, 5) is 14.9. The maximum absolute atomic E-state index is 4.67. The summed E-state index contributed by atoms with van der Waals surface area (Å²) in [5.74, 6) is 1.05. The quantitative estimate of drug-likeness (QED) is 0.608. The number of para-hydroxylation sites is 1. The van der Waals surface area contributed by atoms with E-state index in [1.807, 2.05) is 48.5 Å². The van der Waals surface area contributed by atoms with Crippen LogP contribution in [-0.2, 0) is 20.0 Å². The number of imidazole rings is 2. The van der Waals surface area contributed by atoms with E-state index in [1.54, 1.807) is 6.33 Å². The van der Waals surface area contributed by atoms with Crippen molar-refractivity contribution in [2.45, 2.75) is 19.0 Å². The molecule has 4 aromatic rings. The molecule has 0 spiro atoms. The fourth-order valence-electron chi connectivity index (χ4n) is 3.86. The van der Waals surface area contributed by atoms with Crippen molar-refractivity contribution in [1.82, 2.24) is 34.2 Å². The van der Waals surface area contributed by atoms with E-state index in [0.717, 1.165) is 42.4 Å². The lowest BCUT2D eigenvalue weighted by molar-refractivity contribution is 0.188. The van der Waals surface area contributed by atoms with Crippen LogP contribution in [0.3, 0.4) is 0 Å². The number of benzene rings is 1. The molecule has 1 N–H and O–H groups in total. The average molecular weight is 359 g/mol. The summed E-state index contributed by atoms with van der Waals surface area (Å²) in [6.45, 7) is 1.70. The van der Waals surface area contributed by atoms with Gasteiger partial charge in [-0.15, -0.1) is 0 Å². The number of aromatic amines is 1. The van der Waals surface area contributed by atoms with E-state index in [0.29, 0.717) is 0 Å². The minimum absolute atomic E-state index is 0.0272. The standard InChI is InChI=1S/C20H21N7/c1-25-12-10-21-18(25)13-26-11-8-16-19(23-14-22-16)20(26)17-7-9-24-27(17)15-5-3-2-4-6-15/h2-7,9-10,12,14,20H,8,11,13H2,1H3,(H,22,23)/t20-/m0/s1. The molecule has 1 aliphatic rings. The Morgan fingerprint density at radius 1 is 1.11 bits per heavy atom. The number of H-pyrrole nitrogens is 1. The van der Waals surface area contributed by atoms with E-state index < -0.39 is 0 Å². The highest BCUT2D eigenvalue weighted by Gasteiger charge is 2.34. The zero-order valence-electron chi connectivity index (χ0n) is 15.2. The summed E-state index contributed by atoms with van der Waals surface area (Å²) in [7, 11) is 2.04. The van der Waals surface area contributed by atoms with Crippen molar-refractivity contribution in [2.24, 2.45) is 7.05 Å². The van der Waals surface area contributed by atoms with Gasteiger partial charge in [-0.05, 0) is 18.2 Å². The van der Waals surface area contributed by atoms with Crippen molar-refractivity contribution in [1.29, 1.82) is 0 Å². The molecule has 3 aromatic heterocycles. The highest BCUT2D eigenvalue weighted by Crippen LogP contribution is 2.35. The minimum atomic E-state index is 0.0272. The molecule has 0 aliphatic carbocycles. The Morgan fingerprint density at radius 2 is 2.00 bits per heavy atom. The maximum atomic E-state index is 4.67. The molecule has 0 fully saturated rings. The van der Waals surface area contributed by atoms with Crippen LogP contribution in [0.15, 0.2) is 61.3 Å². The molecule has 0 bridgehead atoms. The van der Waals surface area contributed by atoms with Gasteiger partial charge in [0.2, 0.25) is 0 Å². The van der Waals surface area contributed by atoms with E-state index in [4.69, 9.17) is 0 Å². The molecule has 0 saturated heterocycles. The molecule has 4 heterocycles. The van der Waals surface area contributed by atoms with Crippen molar-refractivity contribution in [3.8, 4) is 5.69 Å². The second kappa shape index (κ2) is 6.51. The summed E-state index contributed by atoms with van der Waals surface area (Å²) < 4.78 is 4.09. The molecule has 0 radical (unpaired) electrons. The summed E-state index contributed by atoms with van der Waals surface area (Å²) in [6, 6.07) is 12.4. The SMILES string of the molecule is Cn1ccnc1CN1CCc2[nH]cnc2[C@@H]1c1ccnn1-c1ccccc1. The van der Waals surface area contributed by atoms with Crippen LogP contribution in [0.4, 0.5) is 0 Å². The zero-order chi connectivity index (χ0) is 18.2. The van der Waals surface area contributed by atoms with Gasteiger partial charge >= 0.3 is 0 Å². The zero-order valence-corrected chi connectivity index (χ0v) is 15.2. The second-order valence-corrected chi connectivity index (χ2v) is 6.85. The average Bonchev–Trinajstić information content (AvgIpc) is 3.44. The fourth-order valence-corrected chi connectivity index (χ4v) is 3.86. The van der Waals surface area contributed by atoms with Crippen molar-refractivity contribution < 1.29 is 0 Å². The van der Waals surface area contributed by atoms with Crippen LogP contribution < -0.4 is 0 Å². The number of hydrogen-bond donors (Lipinski definition) is 1. The summed E-state index contributed by atoms with van der Waals surface area (Å²) in [5, 5.41) is 4.60. The van der Waals surface area contributed by atoms with Crippen LogP contribution in [0.5, 0.6) is 0 Å². The molecular weight excluding hydrogens is 338 g/mol. The Balaban J connectivity index is 1.59. The van der Waals surface area contributed by atoms with Crippen LogP contribution >= 0.6 is 0 Å². The number of hydrogen-bond acceptors (Lipinski definition) is 4. The van der Waals surface area contributed by atoms with Gasteiger partial charge in [-0.1, -0.05) is 18.2 Å². The van der Waals surface area contributed by atoms with Gasteiger partial charge in [0, 0.05) is 44.3 Å². The van der Waals surface area contributed by atoms with Gasteiger partial charge in [-0.2, -0.15) is 5.10 Å². The lowest BCUT2D eigenvalue weighted by Crippen LogP contribution is -2.37. The van der Waals surface area contributed by atoms with E-state index in [2.05, 4.69) is 47.7 Å². The van der Waals surface area contributed by atoms with Gasteiger partial charge in [0.25, 0.3) is 0 Å². The molecule has 0 unspecified atom stereocenters. The van der Waals surface area contributed by atoms with Gasteiger partial charge in [-0.25, -0.2) is 14.6 Å². The lowest BCUT2D eigenvalue weighted by atomic mass is 9.99. The summed E-state index contributed by atoms with van der Waals surface area (Å²) in [5.41, 5.74) is 4.45. The fraction of sp³-hybridized carbons (Fsp3) is 0.250. The Labute approximate surface area is 157 Å². The Bertz CT molecular complexity index is 1040. The molecule has 1 atom stereocenters. The monoisotopic (exact) mass is 359 g/mol. The van der Waals surface area contributed by atoms with Gasteiger partial charge < -0.3 is 9.55 Å². The minimum Gasteiger partial charge on any atom is -0.348 e. The number of nitrogens with zero attached hydrogens (tertiary/aromatic N) is 6. The first kappa shape index (κ1) is 16.0. The van der Waals surface area contributed by atoms with Gasteiger partial charge in [0.05, 0.1) is 36.0 Å². The number of aryl methyl sites for hydroxylation is 1. The normalized spacial score (nSPS) is 17.1. The molecule has 7 heteroatoms. The van der Waals surface area contributed by atoms with Crippen LogP contribution in [0.2, 0.25) is 0 Å². The lowest BCUT2D eigenvalue weighted by Gasteiger charge is -2.34. The van der Waals surface area contributed by atoms with E-state index in [9.17, 15) is 0 Å². The third kappa shape index (κ3) is 2.76. The molecule has 1 aliphatic heterocycles. The van der Waals surface area contributed by atoms with E-state index >= 15 is 0 Å². The topological polar surface area (TPSA) is 67.6 Å². The van der Waals surface area contributed by atoms with Crippen LogP contribution in [0, 0.1) is 0 Å². The Morgan fingerprint density at radius 3 is 2.81 bits per heavy atom. The molecule has 7 nitrogen and oxygen atoms in total. The Hall–Kier alpha value is -3.19. The molecule has 1 aromatic carbocycles. The summed E-state index contributed by atoms with van der Waals surface area (Å²) in [6.07, 6.45) is 8.45. The molecule has 5 rings (SSSR count). The number of rotatable bonds is 4. The Kier molecular flexibility index (Phi) is 3.86. The highest BCUT2D eigenvalue weighted by atomic mass is 15.3. The first-order chi connectivity index (χ1) is 13.3. The van der Waals surface area contributed by atoms with Crippen LogP contribution in [0.1, 0.15) is 28.9 Å². The third-order valence-electron chi connectivity index (χ3n) is 5.24. The first-order valence-electron chi connectivity index (χ1n) is 9.13. The van der Waals surface area contributed by atoms with Crippen molar-refractivity contribution in [2.75, 3.05) is 6.54 Å². The molecule has 27 heavy (non-hydrogen) atoms. The molecule has 0 saturated carbocycles. The first-order valence-corrected chi connectivity index (χ1v) is 9.13. The number of aromatic nitrogens is 6. The smallest absolute Gasteiger partial charge is 0.122 e. The van der Waals surface area contributed by atoms with E-state index in [1.165, 1.54) is 5.69 Å². The largest absolute Gasteiger partial charge is 0.348 e. The van der Waals surface area contributed by atoms with Crippen molar-refractivity contribution in [3.05, 3.63) is 84.2 Å².